The number of hydrogen-bond donors (Lipinski definition) is 1. The zero-order chi connectivity index (χ0) is 20.6. The van der Waals surface area contributed by atoms with Gasteiger partial charge in [-0.15, -0.1) is 11.3 Å². The maximum atomic E-state index is 13.0. The molecule has 1 heterocycles. The van der Waals surface area contributed by atoms with Gasteiger partial charge < -0.3 is 10.1 Å². The summed E-state index contributed by atoms with van der Waals surface area (Å²) < 4.78 is 6.85. The Morgan fingerprint density at radius 1 is 1.36 bits per heavy atom. The Hall–Kier alpha value is -1.36. The lowest BCUT2D eigenvalue weighted by atomic mass is 9.72. The van der Waals surface area contributed by atoms with E-state index in [1.165, 1.54) is 23.3 Å². The smallest absolute Gasteiger partial charge is 0.260 e. The third-order valence-electron chi connectivity index (χ3n) is 5.29. The summed E-state index contributed by atoms with van der Waals surface area (Å²) >= 11 is 8.37. The molecule has 0 aliphatic heterocycles. The Balaban J connectivity index is 1.94. The predicted octanol–water partition coefficient (Wildman–Crippen LogP) is 6.56. The molecule has 4 nitrogen and oxygen atoms in total. The number of nitriles is 1. The lowest BCUT2D eigenvalue weighted by Gasteiger charge is -2.33. The number of carbonyl (C=O) groups is 1. The van der Waals surface area contributed by atoms with Crippen LogP contribution in [0.2, 0.25) is 0 Å². The first-order valence-corrected chi connectivity index (χ1v) is 11.4. The third-order valence-corrected chi connectivity index (χ3v) is 7.50. The van der Waals surface area contributed by atoms with Gasteiger partial charge in [0.05, 0.1) is 22.7 Å². The molecule has 2 aromatic rings. The summed E-state index contributed by atoms with van der Waals surface area (Å²) in [4.78, 5) is 14.2. The molecular formula is C21H22Br2N2O2S. The topological polar surface area (TPSA) is 62.1 Å². The number of benzene rings is 1. The summed E-state index contributed by atoms with van der Waals surface area (Å²) in [5.41, 5.74) is 2.35. The van der Waals surface area contributed by atoms with Gasteiger partial charge >= 0.3 is 0 Å². The SMILES string of the molecule is COc1c(Br)cc(Br)cc1C(=O)Nc1sc2c(c1C#N)CC[C@@H](C(C)(C)C)C2. The Kier molecular flexibility index (Phi) is 6.23. The number of rotatable bonds is 3. The van der Waals surface area contributed by atoms with Crippen molar-refractivity contribution in [1.82, 2.24) is 0 Å². The van der Waals surface area contributed by atoms with Gasteiger partial charge in [-0.3, -0.25) is 4.79 Å². The number of amides is 1. The van der Waals surface area contributed by atoms with Crippen LogP contribution < -0.4 is 10.1 Å². The van der Waals surface area contributed by atoms with Crippen LogP contribution in [0.1, 0.15) is 53.6 Å². The van der Waals surface area contributed by atoms with E-state index in [1.54, 1.807) is 6.07 Å². The van der Waals surface area contributed by atoms with Crippen molar-refractivity contribution in [1.29, 1.82) is 5.26 Å². The van der Waals surface area contributed by atoms with Crippen molar-refractivity contribution < 1.29 is 9.53 Å². The molecule has 28 heavy (non-hydrogen) atoms. The maximum Gasteiger partial charge on any atom is 0.260 e. The number of halogens is 2. The number of ether oxygens (including phenoxy) is 1. The second kappa shape index (κ2) is 8.17. The van der Waals surface area contributed by atoms with E-state index in [1.807, 2.05) is 6.07 Å². The van der Waals surface area contributed by atoms with E-state index < -0.39 is 0 Å². The highest BCUT2D eigenvalue weighted by molar-refractivity contribution is 9.11. The average molecular weight is 526 g/mol. The molecule has 1 N–H and O–H groups in total. The van der Waals surface area contributed by atoms with Gasteiger partial charge in [-0.2, -0.15) is 5.26 Å². The second-order valence-electron chi connectivity index (χ2n) is 8.05. The minimum Gasteiger partial charge on any atom is -0.495 e. The lowest BCUT2D eigenvalue weighted by molar-refractivity contribution is 0.102. The van der Waals surface area contributed by atoms with Gasteiger partial charge in [0.25, 0.3) is 5.91 Å². The van der Waals surface area contributed by atoms with Crippen molar-refractivity contribution in [3.05, 3.63) is 42.6 Å². The largest absolute Gasteiger partial charge is 0.495 e. The zero-order valence-corrected chi connectivity index (χ0v) is 20.3. The fourth-order valence-electron chi connectivity index (χ4n) is 3.64. The highest BCUT2D eigenvalue weighted by Crippen LogP contribution is 2.44. The minimum atomic E-state index is -0.290. The molecular weight excluding hydrogens is 504 g/mol. The van der Waals surface area contributed by atoms with Crippen molar-refractivity contribution in [2.75, 3.05) is 12.4 Å². The standard InChI is InChI=1S/C21H22Br2N2O2S/c1-21(2,3)11-5-6-13-15(10-24)20(28-17(13)7-11)25-19(26)14-8-12(22)9-16(23)18(14)27-4/h8-9,11H,5-7H2,1-4H3,(H,25,26)/t11-/m1/s1. The summed E-state index contributed by atoms with van der Waals surface area (Å²) in [7, 11) is 1.53. The average Bonchev–Trinajstić information content (AvgIpc) is 2.96. The minimum absolute atomic E-state index is 0.230. The number of nitrogens with zero attached hydrogens (tertiary/aromatic N) is 1. The quantitative estimate of drug-likeness (QED) is 0.493. The molecule has 0 bridgehead atoms. The number of carbonyl (C=O) groups excluding carboxylic acids is 1. The molecule has 0 saturated heterocycles. The van der Waals surface area contributed by atoms with Crippen LogP contribution in [-0.2, 0) is 12.8 Å². The van der Waals surface area contributed by atoms with Crippen LogP contribution in [0.3, 0.4) is 0 Å². The first-order valence-electron chi connectivity index (χ1n) is 9.04. The molecule has 148 valence electrons. The Bertz CT molecular complexity index is 970. The van der Waals surface area contributed by atoms with Crippen LogP contribution in [0.15, 0.2) is 21.1 Å². The van der Waals surface area contributed by atoms with Crippen LogP contribution in [0.4, 0.5) is 5.00 Å². The molecule has 1 aliphatic carbocycles. The normalized spacial score (nSPS) is 16.2. The second-order valence-corrected chi connectivity index (χ2v) is 10.9. The van der Waals surface area contributed by atoms with Gasteiger partial charge in [0.15, 0.2) is 0 Å². The van der Waals surface area contributed by atoms with Crippen molar-refractivity contribution in [2.24, 2.45) is 11.3 Å². The highest BCUT2D eigenvalue weighted by atomic mass is 79.9. The number of fused-ring (bicyclic) bond motifs is 1. The van der Waals surface area contributed by atoms with Gasteiger partial charge in [0.2, 0.25) is 0 Å². The molecule has 0 unspecified atom stereocenters. The first-order chi connectivity index (χ1) is 13.2. The molecule has 0 fully saturated rings. The fourth-order valence-corrected chi connectivity index (χ4v) is 6.30. The summed E-state index contributed by atoms with van der Waals surface area (Å²) in [5.74, 6) is 0.754. The number of thiophene rings is 1. The van der Waals surface area contributed by atoms with Crippen LogP contribution >= 0.6 is 43.2 Å². The van der Waals surface area contributed by atoms with Crippen LogP contribution in [0, 0.1) is 22.7 Å². The van der Waals surface area contributed by atoms with Crippen molar-refractivity contribution in [3.63, 3.8) is 0 Å². The lowest BCUT2D eigenvalue weighted by Crippen LogP contribution is -2.26. The number of anilines is 1. The molecule has 1 atom stereocenters. The van der Waals surface area contributed by atoms with Crippen LogP contribution in [-0.4, -0.2) is 13.0 Å². The molecule has 0 saturated carbocycles. The first kappa shape index (κ1) is 21.4. The van der Waals surface area contributed by atoms with E-state index in [2.05, 4.69) is 64.0 Å². The molecule has 1 aromatic carbocycles. The highest BCUT2D eigenvalue weighted by Gasteiger charge is 2.32. The van der Waals surface area contributed by atoms with Gasteiger partial charge in [0, 0.05) is 9.35 Å². The summed E-state index contributed by atoms with van der Waals surface area (Å²) in [5, 5.41) is 13.3. The van der Waals surface area contributed by atoms with E-state index in [-0.39, 0.29) is 11.3 Å². The van der Waals surface area contributed by atoms with Crippen molar-refractivity contribution >= 4 is 54.1 Å². The molecule has 7 heteroatoms. The van der Waals surface area contributed by atoms with E-state index in [0.29, 0.717) is 32.3 Å². The van der Waals surface area contributed by atoms with Crippen molar-refractivity contribution in [3.8, 4) is 11.8 Å². The third kappa shape index (κ3) is 4.14. The predicted molar refractivity (Wildman–Crippen MR) is 120 cm³/mol. The van der Waals surface area contributed by atoms with E-state index >= 15 is 0 Å². The fraction of sp³-hybridized carbons (Fsp3) is 0.429. The monoisotopic (exact) mass is 524 g/mol. The number of methoxy groups -OCH3 is 1. The van der Waals surface area contributed by atoms with Gasteiger partial charge in [0.1, 0.15) is 16.8 Å². The Morgan fingerprint density at radius 2 is 2.07 bits per heavy atom. The molecule has 1 aliphatic rings. The van der Waals surface area contributed by atoms with Crippen LogP contribution in [0.5, 0.6) is 5.75 Å². The van der Waals surface area contributed by atoms with Crippen molar-refractivity contribution in [2.45, 2.75) is 40.0 Å². The summed E-state index contributed by atoms with van der Waals surface area (Å²) in [6, 6.07) is 5.85. The number of nitrogens with one attached hydrogen (secondary N) is 1. The van der Waals surface area contributed by atoms with Gasteiger partial charge in [-0.1, -0.05) is 36.7 Å². The number of hydrogen-bond acceptors (Lipinski definition) is 4. The summed E-state index contributed by atoms with van der Waals surface area (Å²) in [6.45, 7) is 6.80. The molecule has 1 aromatic heterocycles. The van der Waals surface area contributed by atoms with E-state index in [0.717, 1.165) is 29.3 Å². The molecule has 3 rings (SSSR count). The Labute approximate surface area is 186 Å². The van der Waals surface area contributed by atoms with Gasteiger partial charge in [-0.05, 0) is 64.2 Å². The Morgan fingerprint density at radius 3 is 2.68 bits per heavy atom. The molecule has 0 radical (unpaired) electrons. The zero-order valence-electron chi connectivity index (χ0n) is 16.3. The van der Waals surface area contributed by atoms with E-state index in [9.17, 15) is 10.1 Å². The molecule has 1 amide bonds. The van der Waals surface area contributed by atoms with Gasteiger partial charge in [-0.25, -0.2) is 0 Å². The van der Waals surface area contributed by atoms with Crippen LogP contribution in [0.25, 0.3) is 0 Å². The van der Waals surface area contributed by atoms with E-state index in [4.69, 9.17) is 4.74 Å². The maximum absolute atomic E-state index is 13.0. The molecule has 0 spiro atoms. The summed E-state index contributed by atoms with van der Waals surface area (Å²) in [6.07, 6.45) is 2.92.